The van der Waals surface area contributed by atoms with Gasteiger partial charge in [-0.3, -0.25) is 4.90 Å². The second-order valence-electron chi connectivity index (χ2n) is 5.73. The minimum absolute atomic E-state index is 0.631. The van der Waals surface area contributed by atoms with Crippen LogP contribution in [0.4, 0.5) is 0 Å². The number of nitrogens with zero attached hydrogens (tertiary/aromatic N) is 1. The van der Waals surface area contributed by atoms with E-state index in [4.69, 9.17) is 0 Å². The van der Waals surface area contributed by atoms with Crippen molar-refractivity contribution in [1.82, 2.24) is 10.2 Å². The van der Waals surface area contributed by atoms with Gasteiger partial charge in [0.1, 0.15) is 0 Å². The van der Waals surface area contributed by atoms with Gasteiger partial charge in [0.05, 0.1) is 0 Å². The lowest BCUT2D eigenvalue weighted by Gasteiger charge is -2.38. The molecule has 2 unspecified atom stereocenters. The van der Waals surface area contributed by atoms with Crippen molar-refractivity contribution >= 4 is 0 Å². The molecule has 2 atom stereocenters. The van der Waals surface area contributed by atoms with Crippen LogP contribution < -0.4 is 5.32 Å². The third kappa shape index (κ3) is 3.18. The Labute approximate surface area is 94.4 Å². The summed E-state index contributed by atoms with van der Waals surface area (Å²) in [5.74, 6) is 1.02. The number of rotatable bonds is 4. The summed E-state index contributed by atoms with van der Waals surface area (Å²) in [6.07, 6.45) is 5.69. The molecular weight excluding hydrogens is 184 g/mol. The first-order valence-corrected chi connectivity index (χ1v) is 6.67. The monoisotopic (exact) mass is 210 g/mol. The predicted molar refractivity (Wildman–Crippen MR) is 65.1 cm³/mol. The zero-order chi connectivity index (χ0) is 10.8. The number of piperidine rings is 1. The molecule has 2 fully saturated rings. The van der Waals surface area contributed by atoms with Gasteiger partial charge in [0.2, 0.25) is 0 Å². The van der Waals surface area contributed by atoms with Crippen molar-refractivity contribution in [2.45, 2.75) is 64.6 Å². The van der Waals surface area contributed by atoms with E-state index in [1.165, 1.54) is 38.8 Å². The molecule has 2 rings (SSSR count). The Kier molecular flexibility index (Phi) is 3.68. The number of nitrogens with one attached hydrogen (secondary N) is 1. The molecule has 1 saturated heterocycles. The molecule has 0 aromatic heterocycles. The second-order valence-corrected chi connectivity index (χ2v) is 5.73. The molecule has 1 aliphatic carbocycles. The van der Waals surface area contributed by atoms with Crippen LogP contribution in [-0.4, -0.2) is 36.1 Å². The SMILES string of the molecule is CC(C)NC1CCCN(C(C)C2CC2)C1. The van der Waals surface area contributed by atoms with Crippen molar-refractivity contribution in [3.63, 3.8) is 0 Å². The van der Waals surface area contributed by atoms with E-state index in [9.17, 15) is 0 Å². The van der Waals surface area contributed by atoms with Crippen molar-refractivity contribution in [1.29, 1.82) is 0 Å². The van der Waals surface area contributed by atoms with E-state index >= 15 is 0 Å². The highest BCUT2D eigenvalue weighted by atomic mass is 15.2. The van der Waals surface area contributed by atoms with E-state index in [1.807, 2.05) is 0 Å². The first kappa shape index (κ1) is 11.4. The normalized spacial score (nSPS) is 30.8. The fourth-order valence-corrected chi connectivity index (χ4v) is 2.86. The van der Waals surface area contributed by atoms with Crippen molar-refractivity contribution in [2.24, 2.45) is 5.92 Å². The van der Waals surface area contributed by atoms with Crippen LogP contribution in [0.5, 0.6) is 0 Å². The topological polar surface area (TPSA) is 15.3 Å². The lowest BCUT2D eigenvalue weighted by Crippen LogP contribution is -2.50. The van der Waals surface area contributed by atoms with Crippen LogP contribution >= 0.6 is 0 Å². The van der Waals surface area contributed by atoms with Gasteiger partial charge in [-0.2, -0.15) is 0 Å². The molecule has 0 aromatic rings. The largest absolute Gasteiger partial charge is 0.311 e. The third-order valence-corrected chi connectivity index (χ3v) is 3.90. The smallest absolute Gasteiger partial charge is 0.0197 e. The summed E-state index contributed by atoms with van der Waals surface area (Å²) in [7, 11) is 0. The second kappa shape index (κ2) is 4.84. The van der Waals surface area contributed by atoms with E-state index in [-0.39, 0.29) is 0 Å². The standard InChI is InChI=1S/C13H26N2/c1-10(2)14-13-5-4-8-15(9-13)11(3)12-6-7-12/h10-14H,4-9H2,1-3H3. The maximum absolute atomic E-state index is 3.68. The van der Waals surface area contributed by atoms with E-state index in [0.717, 1.165) is 18.0 Å². The molecule has 0 spiro atoms. The van der Waals surface area contributed by atoms with Gasteiger partial charge in [-0.25, -0.2) is 0 Å². The summed E-state index contributed by atoms with van der Waals surface area (Å²) in [4.78, 5) is 2.71. The highest BCUT2D eigenvalue weighted by Gasteiger charge is 2.34. The summed E-state index contributed by atoms with van der Waals surface area (Å²) in [5.41, 5.74) is 0. The molecular formula is C13H26N2. The van der Waals surface area contributed by atoms with Gasteiger partial charge in [-0.05, 0) is 45.1 Å². The molecule has 1 heterocycles. The molecule has 0 radical (unpaired) electrons. The Hall–Kier alpha value is -0.0800. The van der Waals surface area contributed by atoms with Crippen molar-refractivity contribution in [3.05, 3.63) is 0 Å². The van der Waals surface area contributed by atoms with Crippen LogP contribution in [-0.2, 0) is 0 Å². The number of hydrogen-bond donors (Lipinski definition) is 1. The molecule has 2 nitrogen and oxygen atoms in total. The van der Waals surface area contributed by atoms with Gasteiger partial charge in [-0.15, -0.1) is 0 Å². The Bertz CT molecular complexity index is 199. The van der Waals surface area contributed by atoms with Crippen LogP contribution in [0.3, 0.4) is 0 Å². The van der Waals surface area contributed by atoms with Gasteiger partial charge in [0.25, 0.3) is 0 Å². The highest BCUT2D eigenvalue weighted by Crippen LogP contribution is 2.35. The first-order chi connectivity index (χ1) is 7.16. The summed E-state index contributed by atoms with van der Waals surface area (Å²) in [6, 6.07) is 2.20. The fraction of sp³-hybridized carbons (Fsp3) is 1.00. The van der Waals surface area contributed by atoms with Gasteiger partial charge >= 0.3 is 0 Å². The van der Waals surface area contributed by atoms with Crippen molar-refractivity contribution in [2.75, 3.05) is 13.1 Å². The highest BCUT2D eigenvalue weighted by molar-refractivity contribution is 4.89. The predicted octanol–water partition coefficient (Wildman–Crippen LogP) is 2.25. The van der Waals surface area contributed by atoms with Crippen LogP contribution in [0.15, 0.2) is 0 Å². The molecule has 15 heavy (non-hydrogen) atoms. The third-order valence-electron chi connectivity index (χ3n) is 3.90. The summed E-state index contributed by atoms with van der Waals surface area (Å²) >= 11 is 0. The van der Waals surface area contributed by atoms with Gasteiger partial charge in [0, 0.05) is 24.7 Å². The van der Waals surface area contributed by atoms with Crippen molar-refractivity contribution < 1.29 is 0 Å². The van der Waals surface area contributed by atoms with Crippen molar-refractivity contribution in [3.8, 4) is 0 Å². The zero-order valence-corrected chi connectivity index (χ0v) is 10.5. The molecule has 1 N–H and O–H groups in total. The van der Waals surface area contributed by atoms with E-state index in [1.54, 1.807) is 0 Å². The lowest BCUT2D eigenvalue weighted by molar-refractivity contribution is 0.129. The molecule has 1 saturated carbocycles. The summed E-state index contributed by atoms with van der Waals surface area (Å²) in [6.45, 7) is 9.53. The Balaban J connectivity index is 1.80. The average Bonchev–Trinajstić information content (AvgIpc) is 2.99. The summed E-state index contributed by atoms with van der Waals surface area (Å²) < 4.78 is 0. The van der Waals surface area contributed by atoms with Crippen LogP contribution in [0, 0.1) is 5.92 Å². The molecule has 0 bridgehead atoms. The molecule has 88 valence electrons. The van der Waals surface area contributed by atoms with Gasteiger partial charge in [0.15, 0.2) is 0 Å². The fourth-order valence-electron chi connectivity index (χ4n) is 2.86. The Morgan fingerprint density at radius 3 is 2.47 bits per heavy atom. The zero-order valence-electron chi connectivity index (χ0n) is 10.5. The molecule has 0 aromatic carbocycles. The maximum atomic E-state index is 3.68. The van der Waals surface area contributed by atoms with Crippen LogP contribution in [0.1, 0.15) is 46.5 Å². The van der Waals surface area contributed by atoms with Gasteiger partial charge in [-0.1, -0.05) is 13.8 Å². The van der Waals surface area contributed by atoms with E-state index < -0.39 is 0 Å². The lowest BCUT2D eigenvalue weighted by atomic mass is 10.0. The maximum Gasteiger partial charge on any atom is 0.0197 e. The quantitative estimate of drug-likeness (QED) is 0.765. The minimum atomic E-state index is 0.631. The molecule has 2 aliphatic rings. The molecule has 1 aliphatic heterocycles. The van der Waals surface area contributed by atoms with Crippen LogP contribution in [0.25, 0.3) is 0 Å². The summed E-state index contributed by atoms with van der Waals surface area (Å²) in [5, 5.41) is 3.68. The van der Waals surface area contributed by atoms with E-state index in [0.29, 0.717) is 6.04 Å². The number of hydrogen-bond acceptors (Lipinski definition) is 2. The Morgan fingerprint density at radius 2 is 1.87 bits per heavy atom. The minimum Gasteiger partial charge on any atom is -0.311 e. The van der Waals surface area contributed by atoms with Gasteiger partial charge < -0.3 is 5.32 Å². The molecule has 2 heteroatoms. The Morgan fingerprint density at radius 1 is 1.13 bits per heavy atom. The average molecular weight is 210 g/mol. The number of likely N-dealkylation sites (tertiary alicyclic amines) is 1. The van der Waals surface area contributed by atoms with E-state index in [2.05, 4.69) is 31.0 Å². The van der Waals surface area contributed by atoms with Crippen LogP contribution in [0.2, 0.25) is 0 Å². The molecule has 0 amide bonds. The first-order valence-electron chi connectivity index (χ1n) is 6.67.